The number of ether oxygens (including phenoxy) is 3. The van der Waals surface area contributed by atoms with Gasteiger partial charge in [-0.25, -0.2) is 0 Å². The number of hydrogen-bond donors (Lipinski definition) is 0. The number of quaternary nitrogens is 1. The van der Waals surface area contributed by atoms with E-state index in [9.17, 15) is 19.5 Å². The Morgan fingerprint density at radius 2 is 0.839 bits per heavy atom. The molecule has 0 fully saturated rings. The largest absolute Gasteiger partial charge is 0.544 e. The third kappa shape index (κ3) is 43.1. The van der Waals surface area contributed by atoms with Crippen LogP contribution in [0.5, 0.6) is 0 Å². The van der Waals surface area contributed by atoms with E-state index in [1.807, 2.05) is 0 Å². The molecule has 0 aliphatic heterocycles. The van der Waals surface area contributed by atoms with Crippen molar-refractivity contribution in [3.05, 3.63) is 24.3 Å². The molecule has 62 heavy (non-hydrogen) atoms. The molecule has 0 aliphatic rings. The Hall–Kier alpha value is -2.19. The van der Waals surface area contributed by atoms with Crippen LogP contribution in [0.4, 0.5) is 0 Å². The van der Waals surface area contributed by atoms with Gasteiger partial charge in [0.05, 0.1) is 40.3 Å². The summed E-state index contributed by atoms with van der Waals surface area (Å²) in [6.45, 7) is 4.66. The highest BCUT2D eigenvalue weighted by Crippen LogP contribution is 2.17. The number of carboxylic acids is 1. The summed E-state index contributed by atoms with van der Waals surface area (Å²) in [5, 5.41) is 11.7. The highest BCUT2D eigenvalue weighted by atomic mass is 16.6. The lowest BCUT2D eigenvalue weighted by Gasteiger charge is -2.34. The van der Waals surface area contributed by atoms with Crippen LogP contribution < -0.4 is 5.11 Å². The normalized spacial score (nSPS) is 13.0. The van der Waals surface area contributed by atoms with Gasteiger partial charge in [-0.2, -0.15) is 0 Å². The van der Waals surface area contributed by atoms with Gasteiger partial charge in [0.15, 0.2) is 6.10 Å². The molecule has 8 heteroatoms. The maximum Gasteiger partial charge on any atom is 0.306 e. The molecule has 0 saturated carbocycles. The van der Waals surface area contributed by atoms with Crippen molar-refractivity contribution >= 4 is 17.9 Å². The van der Waals surface area contributed by atoms with Crippen molar-refractivity contribution in [3.63, 3.8) is 0 Å². The molecule has 0 aliphatic carbocycles. The number of nitrogens with zero attached hydrogens (tertiary/aromatic N) is 1. The Morgan fingerprint density at radius 1 is 0.484 bits per heavy atom. The SMILES string of the molecule is CCCCC/C=C/C=C/CCCCCCCCC(=O)OCC(COCCC(C(=O)[O-])[N+](C)(C)C)OC(=O)CCCCCCCCCCCCCCCCCCCCCCCCC. The van der Waals surface area contributed by atoms with Gasteiger partial charge in [0.1, 0.15) is 12.6 Å². The minimum Gasteiger partial charge on any atom is -0.544 e. The maximum atomic E-state index is 12.8. The summed E-state index contributed by atoms with van der Waals surface area (Å²) in [6, 6.07) is -0.725. The fourth-order valence-corrected chi connectivity index (χ4v) is 8.01. The quantitative estimate of drug-likeness (QED) is 0.0260. The summed E-state index contributed by atoms with van der Waals surface area (Å²) < 4.78 is 17.2. The molecule has 0 N–H and O–H groups in total. The van der Waals surface area contributed by atoms with Crippen LogP contribution in [-0.2, 0) is 28.6 Å². The van der Waals surface area contributed by atoms with E-state index in [1.165, 1.54) is 167 Å². The van der Waals surface area contributed by atoms with Gasteiger partial charge >= 0.3 is 11.9 Å². The van der Waals surface area contributed by atoms with Crippen LogP contribution in [0.3, 0.4) is 0 Å². The van der Waals surface area contributed by atoms with E-state index >= 15 is 0 Å². The van der Waals surface area contributed by atoms with Crippen LogP contribution in [0.1, 0.15) is 251 Å². The van der Waals surface area contributed by atoms with Crippen molar-refractivity contribution in [2.45, 2.75) is 264 Å². The topological polar surface area (TPSA) is 102 Å². The average molecular weight is 876 g/mol. The molecule has 2 unspecified atom stereocenters. The number of hydrogen-bond acceptors (Lipinski definition) is 7. The Kier molecular flexibility index (Phi) is 43.8. The van der Waals surface area contributed by atoms with Crippen molar-refractivity contribution in [2.24, 2.45) is 0 Å². The summed E-state index contributed by atoms with van der Waals surface area (Å²) in [5.74, 6) is -1.73. The molecule has 2 atom stereocenters. The van der Waals surface area contributed by atoms with Crippen molar-refractivity contribution in [1.29, 1.82) is 0 Å². The highest BCUT2D eigenvalue weighted by Gasteiger charge is 2.25. The summed E-state index contributed by atoms with van der Waals surface area (Å²) in [6.07, 6.45) is 52.1. The molecule has 364 valence electrons. The van der Waals surface area contributed by atoms with E-state index in [0.29, 0.717) is 12.8 Å². The number of esters is 2. The minimum absolute atomic E-state index is 0.0414. The van der Waals surface area contributed by atoms with Gasteiger partial charge in [-0.15, -0.1) is 0 Å². The molecule has 0 heterocycles. The molecule has 0 radical (unpaired) electrons. The summed E-state index contributed by atoms with van der Waals surface area (Å²) in [5.41, 5.74) is 0. The first kappa shape index (κ1) is 59.8. The van der Waals surface area contributed by atoms with Gasteiger partial charge in [0.25, 0.3) is 0 Å². The van der Waals surface area contributed by atoms with Crippen LogP contribution in [0, 0.1) is 0 Å². The lowest BCUT2D eigenvalue weighted by Crippen LogP contribution is -2.55. The Balaban J connectivity index is 4.17. The van der Waals surface area contributed by atoms with Gasteiger partial charge in [-0.05, 0) is 38.5 Å². The van der Waals surface area contributed by atoms with Gasteiger partial charge in [-0.3, -0.25) is 9.59 Å². The molecule has 0 amide bonds. The smallest absolute Gasteiger partial charge is 0.306 e. The van der Waals surface area contributed by atoms with Gasteiger partial charge in [0, 0.05) is 19.3 Å². The van der Waals surface area contributed by atoms with E-state index in [-0.39, 0.29) is 42.7 Å². The van der Waals surface area contributed by atoms with Crippen LogP contribution in [0.2, 0.25) is 0 Å². The Labute approximate surface area is 383 Å². The number of allylic oxidation sites excluding steroid dienone is 4. The zero-order valence-corrected chi connectivity index (χ0v) is 41.6. The van der Waals surface area contributed by atoms with Crippen molar-refractivity contribution in [2.75, 3.05) is 41.0 Å². The molecular formula is C54H101NO7. The molecule has 0 aromatic rings. The molecule has 0 aromatic heterocycles. The summed E-state index contributed by atoms with van der Waals surface area (Å²) in [7, 11) is 5.42. The van der Waals surface area contributed by atoms with E-state index in [0.717, 1.165) is 51.4 Å². The van der Waals surface area contributed by atoms with E-state index < -0.39 is 18.1 Å². The summed E-state index contributed by atoms with van der Waals surface area (Å²) in [4.78, 5) is 37.0. The lowest BCUT2D eigenvalue weighted by atomic mass is 10.0. The zero-order chi connectivity index (χ0) is 45.6. The fraction of sp³-hybridized carbons (Fsp3) is 0.870. The second-order valence-electron chi connectivity index (χ2n) is 19.1. The van der Waals surface area contributed by atoms with Crippen molar-refractivity contribution in [1.82, 2.24) is 0 Å². The number of carboxylic acid groups (broad SMARTS) is 1. The first-order chi connectivity index (χ1) is 30.1. The van der Waals surface area contributed by atoms with E-state index in [2.05, 4.69) is 38.2 Å². The number of rotatable bonds is 48. The number of unbranched alkanes of at least 4 members (excludes halogenated alkanes) is 31. The standard InChI is InChI=1S/C54H101NO7/c1-6-8-10-12-14-16-18-20-22-23-24-25-26-27-28-29-31-33-35-37-39-41-43-45-53(57)62-50(48-60-47-46-51(54(58)59)55(3,4)5)49-61-52(56)44-42-40-38-36-34-32-30-21-19-17-15-13-11-9-7-2/h15,17,19,21,50-51H,6-14,16,18,20,22-49H2,1-5H3/b17-15+,21-19+. The first-order valence-electron chi connectivity index (χ1n) is 26.4. The molecule has 0 saturated heterocycles. The third-order valence-electron chi connectivity index (χ3n) is 12.1. The number of likely N-dealkylation sites (N-methyl/N-ethyl adjacent to an activating group) is 1. The van der Waals surface area contributed by atoms with Crippen molar-refractivity contribution < 1.29 is 38.2 Å². The molecule has 0 spiro atoms. The van der Waals surface area contributed by atoms with Gasteiger partial charge < -0.3 is 28.6 Å². The Bertz CT molecular complexity index is 1070. The molecular weight excluding hydrogens is 775 g/mol. The highest BCUT2D eigenvalue weighted by molar-refractivity contribution is 5.70. The molecule has 0 aromatic carbocycles. The average Bonchev–Trinajstić information content (AvgIpc) is 3.23. The van der Waals surface area contributed by atoms with Crippen molar-refractivity contribution in [3.8, 4) is 0 Å². The monoisotopic (exact) mass is 876 g/mol. The predicted octanol–water partition coefficient (Wildman–Crippen LogP) is 13.9. The number of aliphatic carboxylic acids is 1. The predicted molar refractivity (Wildman–Crippen MR) is 259 cm³/mol. The fourth-order valence-electron chi connectivity index (χ4n) is 8.01. The van der Waals surface area contributed by atoms with E-state index in [1.54, 1.807) is 21.1 Å². The number of carbonyl (C=O) groups is 3. The van der Waals surface area contributed by atoms with Crippen LogP contribution in [-0.4, -0.2) is 75.5 Å². The third-order valence-corrected chi connectivity index (χ3v) is 12.1. The first-order valence-corrected chi connectivity index (χ1v) is 26.4. The molecule has 0 rings (SSSR count). The Morgan fingerprint density at radius 3 is 1.24 bits per heavy atom. The second-order valence-corrected chi connectivity index (χ2v) is 19.1. The zero-order valence-electron chi connectivity index (χ0n) is 41.6. The number of carbonyl (C=O) groups excluding carboxylic acids is 3. The van der Waals surface area contributed by atoms with Gasteiger partial charge in [-0.1, -0.05) is 218 Å². The minimum atomic E-state index is -1.12. The maximum absolute atomic E-state index is 12.8. The molecule has 8 nitrogen and oxygen atoms in total. The lowest BCUT2D eigenvalue weighted by molar-refractivity contribution is -0.889. The van der Waals surface area contributed by atoms with E-state index in [4.69, 9.17) is 14.2 Å². The molecule has 0 bridgehead atoms. The summed E-state index contributed by atoms with van der Waals surface area (Å²) >= 11 is 0. The van der Waals surface area contributed by atoms with Crippen LogP contribution >= 0.6 is 0 Å². The second kappa shape index (κ2) is 45.4. The van der Waals surface area contributed by atoms with Gasteiger partial charge in [0.2, 0.25) is 0 Å². The van der Waals surface area contributed by atoms with Crippen LogP contribution in [0.25, 0.3) is 0 Å². The van der Waals surface area contributed by atoms with Crippen LogP contribution in [0.15, 0.2) is 24.3 Å².